The molecule has 44 valence electrons. The summed E-state index contributed by atoms with van der Waals surface area (Å²) in [4.78, 5) is 0. The molecule has 7 heteroatoms. The molecule has 0 heterocycles. The van der Waals surface area contributed by atoms with E-state index in [2.05, 4.69) is 35.4 Å². The van der Waals surface area contributed by atoms with Crippen molar-refractivity contribution in [2.75, 3.05) is 0 Å². The van der Waals surface area contributed by atoms with Gasteiger partial charge in [-0.2, -0.15) is 0 Å². The first-order chi connectivity index (χ1) is 2.41. The van der Waals surface area contributed by atoms with Crippen LogP contribution in [0, 0.1) is 0 Å². The Morgan fingerprint density at radius 2 is 1.29 bits per heavy atom. The van der Waals surface area contributed by atoms with Crippen LogP contribution < -0.4 is 0 Å². The van der Waals surface area contributed by atoms with Gasteiger partial charge in [0.1, 0.15) is 32.5 Å². The molecule has 0 saturated carbocycles. The van der Waals surface area contributed by atoms with E-state index in [0.29, 0.717) is 0 Å². The molecule has 0 aliphatic carbocycles. The summed E-state index contributed by atoms with van der Waals surface area (Å²) in [6.45, 7) is 0. The topological polar surface area (TPSA) is 26.3 Å². The molecule has 0 saturated heterocycles. The predicted octanol–water partition coefficient (Wildman–Crippen LogP) is 1.16. The summed E-state index contributed by atoms with van der Waals surface area (Å²) in [7, 11) is 0. The molecule has 0 aromatic heterocycles. The Balaban J connectivity index is -0.0000000105. The van der Waals surface area contributed by atoms with Crippen molar-refractivity contribution in [2.24, 2.45) is 0 Å². The Hall–Kier alpha value is 2.78. The molecule has 0 atom stereocenters. The normalized spacial score (nSPS) is 3.14. The molecule has 0 rings (SSSR count). The van der Waals surface area contributed by atoms with Gasteiger partial charge >= 0.3 is 27.5 Å². The maximum atomic E-state index is 8.36. The molecular formula is HBi2Br2ClO2. The molecule has 0 fully saturated rings. The van der Waals surface area contributed by atoms with E-state index >= 15 is 0 Å². The Kier molecular flexibility index (Phi) is 120. The molecule has 0 bridgehead atoms. The van der Waals surface area contributed by atoms with Gasteiger partial charge < -0.3 is 0 Å². The van der Waals surface area contributed by atoms with Crippen molar-refractivity contribution in [3.63, 3.8) is 0 Å². The van der Waals surface area contributed by atoms with Crippen LogP contribution in [-0.4, -0.2) is 50.9 Å². The van der Waals surface area contributed by atoms with E-state index in [1.54, 1.807) is 0 Å². The van der Waals surface area contributed by atoms with E-state index in [1.165, 1.54) is 0 Å². The van der Waals surface area contributed by atoms with Gasteiger partial charge in [-0.25, -0.2) is 2.92 Å². The zero-order chi connectivity index (χ0) is 4.71. The molecule has 0 aliphatic heterocycles. The predicted molar refractivity (Wildman–Crippen MR) is 38.4 cm³/mol. The summed E-state index contributed by atoms with van der Waals surface area (Å²) >= 11 is 5.32. The Morgan fingerprint density at radius 1 is 1.29 bits per heavy atom. The Morgan fingerprint density at radius 3 is 1.29 bits per heavy atom. The number of halogens is 3. The van der Waals surface area contributed by atoms with Gasteiger partial charge in [-0.15, -0.1) is 12.4 Å². The quantitative estimate of drug-likeness (QED) is 0.370. The Bertz CT molecular complexity index is 17.7. The van der Waals surface area contributed by atoms with Gasteiger partial charge in [0.2, 0.25) is 0 Å². The first-order valence-corrected chi connectivity index (χ1v) is 3.21. The van der Waals surface area contributed by atoms with Crippen LogP contribution in [0.3, 0.4) is 0 Å². The van der Waals surface area contributed by atoms with E-state index in [4.69, 9.17) is 2.81 Å². The van der Waals surface area contributed by atoms with E-state index in [0.717, 1.165) is 0 Å². The number of hydrogen-bond donors (Lipinski definition) is 0. The first-order valence-electron chi connectivity index (χ1n) is 0.491. The van der Waals surface area contributed by atoms with E-state index in [-0.39, 0.29) is 63.3 Å². The molecular weight excluding hydrogens is 645 g/mol. The molecule has 4 radical (unpaired) electrons. The summed E-state index contributed by atoms with van der Waals surface area (Å²) in [6.07, 6.45) is 0. The molecule has 0 aromatic carbocycles. The monoisotopic (exact) mass is 644 g/mol. The fraction of sp³-hybridized carbons (Fsp3) is 0. The molecule has 2 nitrogen and oxygen atoms in total. The summed E-state index contributed by atoms with van der Waals surface area (Å²) in [6, 6.07) is 0. The molecule has 0 amide bonds. The average Bonchev–Trinajstić information content (AvgIpc) is 1.46. The van der Waals surface area contributed by atoms with Crippen molar-refractivity contribution >= 4 is 95.9 Å². The number of rotatable bonds is 0. The second-order valence-corrected chi connectivity index (χ2v) is 1.57. The third-order valence-corrected chi connectivity index (χ3v) is 0. The SMILES string of the molecule is BrOBr.Cl.[Bi].[O]=[Bi]. The second-order valence-electron chi connectivity index (χ2n) is 0.0583. The number of hydrogen-bond acceptors (Lipinski definition) is 2. The third-order valence-electron chi connectivity index (χ3n) is 0. The summed E-state index contributed by atoms with van der Waals surface area (Å²) in [5.74, 6) is 0. The van der Waals surface area contributed by atoms with Crippen molar-refractivity contribution < 1.29 is 5.73 Å². The maximum absolute atomic E-state index is 8.36. The van der Waals surface area contributed by atoms with Crippen LogP contribution in [-0.2, 0) is 5.73 Å². The summed E-state index contributed by atoms with van der Waals surface area (Å²) < 4.78 is 12.2. The molecule has 0 N–H and O–H groups in total. The standard InChI is InChI=1S/2Bi.Br2O.ClH.O/c;;1-3-2;;/h;;;1H;. The van der Waals surface area contributed by atoms with Crippen LogP contribution in [0.15, 0.2) is 0 Å². The average molecular weight is 646 g/mol. The molecule has 7 heavy (non-hydrogen) atoms. The van der Waals surface area contributed by atoms with Gasteiger partial charge in [0.05, 0.1) is 0 Å². The molecule has 0 spiro atoms. The third kappa shape index (κ3) is 52.3. The van der Waals surface area contributed by atoms with Crippen molar-refractivity contribution in [3.05, 3.63) is 0 Å². The van der Waals surface area contributed by atoms with Gasteiger partial charge in [-0.05, 0) is 0 Å². The fourth-order valence-electron chi connectivity index (χ4n) is 0. The van der Waals surface area contributed by atoms with Crippen LogP contribution in [0.2, 0.25) is 0 Å². The van der Waals surface area contributed by atoms with Gasteiger partial charge in [-0.3, -0.25) is 0 Å². The second kappa shape index (κ2) is 37.2. The van der Waals surface area contributed by atoms with Gasteiger partial charge in [0.25, 0.3) is 0 Å². The van der Waals surface area contributed by atoms with Crippen LogP contribution in [0.1, 0.15) is 0 Å². The van der Waals surface area contributed by atoms with Crippen LogP contribution >= 0.6 is 44.9 Å². The summed E-state index contributed by atoms with van der Waals surface area (Å²) in [5.41, 5.74) is 0. The first kappa shape index (κ1) is 22.6. The van der Waals surface area contributed by atoms with Crippen LogP contribution in [0.25, 0.3) is 0 Å². The van der Waals surface area contributed by atoms with Crippen LogP contribution in [0.4, 0.5) is 0 Å². The molecule has 0 aliphatic rings. The van der Waals surface area contributed by atoms with Crippen molar-refractivity contribution in [1.82, 2.24) is 0 Å². The van der Waals surface area contributed by atoms with Gasteiger partial charge in [0.15, 0.2) is 0 Å². The summed E-state index contributed by atoms with van der Waals surface area (Å²) in [5, 5.41) is 0. The van der Waals surface area contributed by atoms with Crippen molar-refractivity contribution in [3.8, 4) is 0 Å². The zero-order valence-corrected chi connectivity index (χ0v) is 13.8. The van der Waals surface area contributed by atoms with E-state index in [9.17, 15) is 0 Å². The minimum atomic E-state index is 0. The minimum absolute atomic E-state index is 0. The van der Waals surface area contributed by atoms with Gasteiger partial charge in [-0.1, -0.05) is 0 Å². The van der Waals surface area contributed by atoms with Crippen molar-refractivity contribution in [2.45, 2.75) is 0 Å². The zero-order valence-electron chi connectivity index (χ0n) is 2.88. The molecule has 0 unspecified atom stereocenters. The molecule has 0 aromatic rings. The van der Waals surface area contributed by atoms with E-state index in [1.807, 2.05) is 0 Å². The fourth-order valence-corrected chi connectivity index (χ4v) is 0. The van der Waals surface area contributed by atoms with Gasteiger partial charge in [0, 0.05) is 26.2 Å². The van der Waals surface area contributed by atoms with Crippen LogP contribution in [0.5, 0.6) is 0 Å². The van der Waals surface area contributed by atoms with Crippen molar-refractivity contribution in [1.29, 1.82) is 0 Å². The Labute approximate surface area is 99.9 Å². The van der Waals surface area contributed by atoms with E-state index < -0.39 is 0 Å².